The Balaban J connectivity index is 0.000000200. The summed E-state index contributed by atoms with van der Waals surface area (Å²) >= 11 is 0. The summed E-state index contributed by atoms with van der Waals surface area (Å²) in [4.78, 5) is 22.5. The number of anilines is 2. The van der Waals surface area contributed by atoms with Gasteiger partial charge in [0, 0.05) is 14.1 Å². The molecule has 0 amide bonds. The van der Waals surface area contributed by atoms with Crippen molar-refractivity contribution in [1.82, 2.24) is 29.9 Å². The van der Waals surface area contributed by atoms with Gasteiger partial charge in [0.1, 0.15) is 17.5 Å². The first-order valence-corrected chi connectivity index (χ1v) is 5.87. The van der Waals surface area contributed by atoms with E-state index in [0.29, 0.717) is 11.8 Å². The fraction of sp³-hybridized carbons (Fsp3) is 0.455. The average molecular weight is 280 g/mol. The third-order valence-electron chi connectivity index (χ3n) is 2.03. The molecule has 2 aromatic rings. The van der Waals surface area contributed by atoms with Gasteiger partial charge in [0.05, 0.1) is 0 Å². The highest BCUT2D eigenvalue weighted by Crippen LogP contribution is 1.97. The van der Waals surface area contributed by atoms with Crippen LogP contribution in [0.25, 0.3) is 0 Å². The van der Waals surface area contributed by atoms with Crippen molar-refractivity contribution >= 4 is 11.9 Å². The third kappa shape index (κ3) is 5.04. The number of rotatable bonds is 2. The fourth-order valence-corrected chi connectivity index (χ4v) is 1.29. The molecule has 0 radical (unpaired) electrons. The van der Waals surface area contributed by atoms with E-state index in [2.05, 4.69) is 40.5 Å². The molecule has 2 N–H and O–H groups in total. The van der Waals surface area contributed by atoms with Crippen LogP contribution in [0.4, 0.5) is 16.3 Å². The van der Waals surface area contributed by atoms with Crippen molar-refractivity contribution < 1.29 is 4.39 Å². The molecule has 0 aliphatic heterocycles. The van der Waals surface area contributed by atoms with Crippen molar-refractivity contribution in [3.63, 3.8) is 0 Å². The van der Waals surface area contributed by atoms with Crippen LogP contribution in [-0.4, -0.2) is 44.0 Å². The summed E-state index contributed by atoms with van der Waals surface area (Å²) in [5.74, 6) is 2.75. The molecule has 0 saturated carbocycles. The Hall–Kier alpha value is -2.45. The van der Waals surface area contributed by atoms with Crippen LogP contribution in [-0.2, 0) is 0 Å². The normalized spacial score (nSPS) is 9.50. The first-order valence-electron chi connectivity index (χ1n) is 5.87. The zero-order valence-corrected chi connectivity index (χ0v) is 12.1. The molecule has 20 heavy (non-hydrogen) atoms. The molecular formula is C11H17FN8. The highest BCUT2D eigenvalue weighted by Gasteiger charge is 1.98. The fourth-order valence-electron chi connectivity index (χ4n) is 1.29. The first-order chi connectivity index (χ1) is 9.44. The second-order valence-corrected chi connectivity index (χ2v) is 3.73. The Morgan fingerprint density at radius 3 is 1.45 bits per heavy atom. The number of nitrogens with one attached hydrogen (secondary N) is 2. The maximum Gasteiger partial charge on any atom is 0.313 e. The molecule has 2 heterocycles. The summed E-state index contributed by atoms with van der Waals surface area (Å²) in [5, 5.41) is 5.45. The zero-order chi connectivity index (χ0) is 15.1. The standard InChI is InChI=1S/C6H10N4.C5H7FN4/c1-4-8-5(2)10-6(7-3)9-4;1-3-8-4(6)10-5(7-2)9-3/h1-3H3,(H,7,8,9,10);1-2H3,(H,7,8,9,10). The minimum atomic E-state index is -0.753. The highest BCUT2D eigenvalue weighted by atomic mass is 19.1. The zero-order valence-electron chi connectivity index (χ0n) is 12.1. The van der Waals surface area contributed by atoms with Crippen LogP contribution in [0.15, 0.2) is 0 Å². The second kappa shape index (κ2) is 7.22. The van der Waals surface area contributed by atoms with Crippen LogP contribution in [0.5, 0.6) is 0 Å². The lowest BCUT2D eigenvalue weighted by atomic mass is 10.6. The summed E-state index contributed by atoms with van der Waals surface area (Å²) in [7, 11) is 3.41. The maximum atomic E-state index is 12.3. The topological polar surface area (TPSA) is 101 Å². The van der Waals surface area contributed by atoms with E-state index < -0.39 is 6.08 Å². The smallest absolute Gasteiger partial charge is 0.313 e. The lowest BCUT2D eigenvalue weighted by Crippen LogP contribution is -2.02. The number of aryl methyl sites for hydroxylation is 3. The number of nitrogens with zero attached hydrogens (tertiary/aromatic N) is 6. The minimum Gasteiger partial charge on any atom is -0.357 e. The molecule has 2 aromatic heterocycles. The molecule has 0 aliphatic carbocycles. The van der Waals surface area contributed by atoms with Gasteiger partial charge >= 0.3 is 6.08 Å². The van der Waals surface area contributed by atoms with Crippen molar-refractivity contribution in [3.8, 4) is 0 Å². The summed E-state index contributed by atoms with van der Waals surface area (Å²) < 4.78 is 12.3. The Kier molecular flexibility index (Phi) is 5.63. The largest absolute Gasteiger partial charge is 0.357 e. The predicted octanol–water partition coefficient (Wildman–Crippen LogP) is 0.891. The SMILES string of the molecule is CNc1nc(C)nc(C)n1.CNc1nc(C)nc(F)n1. The Bertz CT molecular complexity index is 482. The van der Waals surface area contributed by atoms with Crippen LogP contribution < -0.4 is 10.6 Å². The quantitative estimate of drug-likeness (QED) is 0.836. The van der Waals surface area contributed by atoms with Crippen LogP contribution in [0, 0.1) is 26.8 Å². The average Bonchev–Trinajstić information content (AvgIpc) is 2.37. The predicted molar refractivity (Wildman–Crippen MR) is 72.9 cm³/mol. The Morgan fingerprint density at radius 1 is 0.650 bits per heavy atom. The first kappa shape index (κ1) is 15.6. The van der Waals surface area contributed by atoms with Crippen LogP contribution >= 0.6 is 0 Å². The molecule has 0 aromatic carbocycles. The van der Waals surface area contributed by atoms with E-state index in [1.54, 1.807) is 21.0 Å². The molecular weight excluding hydrogens is 263 g/mol. The van der Waals surface area contributed by atoms with Crippen molar-refractivity contribution in [1.29, 1.82) is 0 Å². The molecule has 0 aliphatic rings. The highest BCUT2D eigenvalue weighted by molar-refractivity contribution is 5.22. The van der Waals surface area contributed by atoms with Crippen LogP contribution in [0.1, 0.15) is 17.5 Å². The van der Waals surface area contributed by atoms with E-state index in [9.17, 15) is 4.39 Å². The lowest BCUT2D eigenvalue weighted by Gasteiger charge is -1.98. The van der Waals surface area contributed by atoms with E-state index in [-0.39, 0.29) is 5.95 Å². The van der Waals surface area contributed by atoms with Gasteiger partial charge in [-0.05, 0) is 20.8 Å². The van der Waals surface area contributed by atoms with Crippen molar-refractivity contribution in [2.75, 3.05) is 24.7 Å². The molecule has 0 saturated heterocycles. The van der Waals surface area contributed by atoms with Gasteiger partial charge in [-0.3, -0.25) is 0 Å². The van der Waals surface area contributed by atoms with E-state index in [1.807, 2.05) is 13.8 Å². The molecule has 0 spiro atoms. The summed E-state index contributed by atoms with van der Waals surface area (Å²) in [6.07, 6.45) is -0.753. The summed E-state index contributed by atoms with van der Waals surface area (Å²) in [5.41, 5.74) is 0. The van der Waals surface area contributed by atoms with Crippen molar-refractivity contribution in [2.24, 2.45) is 0 Å². The van der Waals surface area contributed by atoms with Crippen molar-refractivity contribution in [3.05, 3.63) is 23.6 Å². The molecule has 0 atom stereocenters. The Labute approximate surface area is 116 Å². The molecule has 9 heteroatoms. The van der Waals surface area contributed by atoms with E-state index >= 15 is 0 Å². The van der Waals surface area contributed by atoms with Gasteiger partial charge in [-0.25, -0.2) is 4.98 Å². The molecule has 0 unspecified atom stereocenters. The maximum absolute atomic E-state index is 12.3. The molecule has 8 nitrogen and oxygen atoms in total. The molecule has 0 fully saturated rings. The van der Waals surface area contributed by atoms with Gasteiger partial charge in [-0.1, -0.05) is 0 Å². The number of aromatic nitrogens is 6. The lowest BCUT2D eigenvalue weighted by molar-refractivity contribution is 0.529. The molecule has 2 rings (SSSR count). The van der Waals surface area contributed by atoms with Gasteiger partial charge < -0.3 is 10.6 Å². The second-order valence-electron chi connectivity index (χ2n) is 3.73. The summed E-state index contributed by atoms with van der Waals surface area (Å²) in [6, 6.07) is 0. The van der Waals surface area contributed by atoms with Gasteiger partial charge in [0.2, 0.25) is 11.9 Å². The monoisotopic (exact) mass is 280 g/mol. The van der Waals surface area contributed by atoms with E-state index in [0.717, 1.165) is 11.6 Å². The number of hydrogen-bond acceptors (Lipinski definition) is 8. The van der Waals surface area contributed by atoms with Gasteiger partial charge in [-0.15, -0.1) is 0 Å². The van der Waals surface area contributed by atoms with Crippen LogP contribution in [0.2, 0.25) is 0 Å². The van der Waals surface area contributed by atoms with Gasteiger partial charge in [0.25, 0.3) is 0 Å². The number of halogens is 1. The van der Waals surface area contributed by atoms with Crippen LogP contribution in [0.3, 0.4) is 0 Å². The summed E-state index contributed by atoms with van der Waals surface area (Å²) in [6.45, 7) is 5.29. The van der Waals surface area contributed by atoms with Crippen molar-refractivity contribution in [2.45, 2.75) is 20.8 Å². The minimum absolute atomic E-state index is 0.255. The van der Waals surface area contributed by atoms with Gasteiger partial charge in [-0.2, -0.15) is 29.3 Å². The molecule has 0 bridgehead atoms. The third-order valence-corrected chi connectivity index (χ3v) is 2.03. The Morgan fingerprint density at radius 2 is 1.05 bits per heavy atom. The van der Waals surface area contributed by atoms with Gasteiger partial charge in [0.15, 0.2) is 0 Å². The van der Waals surface area contributed by atoms with E-state index in [1.165, 1.54) is 0 Å². The number of hydrogen-bond donors (Lipinski definition) is 2. The van der Waals surface area contributed by atoms with E-state index in [4.69, 9.17) is 0 Å². The molecule has 108 valence electrons.